The zero-order chi connectivity index (χ0) is 15.4. The number of hydrogen-bond acceptors (Lipinski definition) is 7. The van der Waals surface area contributed by atoms with Gasteiger partial charge in [0, 0.05) is 19.2 Å². The van der Waals surface area contributed by atoms with Gasteiger partial charge in [0.1, 0.15) is 11.5 Å². The molecule has 1 saturated heterocycles. The summed E-state index contributed by atoms with van der Waals surface area (Å²) in [5.41, 5.74) is 0.367. The highest BCUT2D eigenvalue weighted by Gasteiger charge is 2.25. The maximum absolute atomic E-state index is 11.3. The Morgan fingerprint density at radius 3 is 3.00 bits per heavy atom. The fourth-order valence-corrected chi connectivity index (χ4v) is 2.23. The van der Waals surface area contributed by atoms with Gasteiger partial charge in [0.25, 0.3) is 5.69 Å². The van der Waals surface area contributed by atoms with Crippen LogP contribution in [-0.2, 0) is 14.3 Å². The van der Waals surface area contributed by atoms with Crippen LogP contribution >= 0.6 is 0 Å². The number of esters is 1. The Balaban J connectivity index is 2.09. The number of methoxy groups -OCH3 is 1. The first-order valence-electron chi connectivity index (χ1n) is 6.56. The molecule has 0 saturated carbocycles. The Kier molecular flexibility index (Phi) is 4.69. The van der Waals surface area contributed by atoms with Crippen LogP contribution in [0.1, 0.15) is 12.1 Å². The first-order chi connectivity index (χ1) is 10.0. The number of aromatic nitrogens is 1. The van der Waals surface area contributed by atoms with Crippen LogP contribution in [0, 0.1) is 17.0 Å². The monoisotopic (exact) mass is 295 g/mol. The third-order valence-corrected chi connectivity index (χ3v) is 3.32. The van der Waals surface area contributed by atoms with Crippen molar-refractivity contribution in [1.29, 1.82) is 0 Å². The standard InChI is InChI=1S/C13H17N3O5/c1-9-11(16(18)19)3-4-12(14-9)15-5-6-21-10(8-15)7-13(17)20-2/h3-4,10H,5-8H2,1-2H3. The van der Waals surface area contributed by atoms with Gasteiger partial charge in [-0.3, -0.25) is 14.9 Å². The van der Waals surface area contributed by atoms with Crippen LogP contribution in [0.3, 0.4) is 0 Å². The number of hydrogen-bond donors (Lipinski definition) is 0. The molecule has 1 fully saturated rings. The summed E-state index contributed by atoms with van der Waals surface area (Å²) >= 11 is 0. The van der Waals surface area contributed by atoms with E-state index in [1.54, 1.807) is 13.0 Å². The second kappa shape index (κ2) is 6.49. The maximum atomic E-state index is 11.3. The zero-order valence-electron chi connectivity index (χ0n) is 11.9. The average Bonchev–Trinajstić information content (AvgIpc) is 2.47. The zero-order valence-corrected chi connectivity index (χ0v) is 11.9. The Hall–Kier alpha value is -2.22. The topological polar surface area (TPSA) is 94.8 Å². The fraction of sp³-hybridized carbons (Fsp3) is 0.538. The van der Waals surface area contributed by atoms with Crippen molar-refractivity contribution < 1.29 is 19.2 Å². The van der Waals surface area contributed by atoms with Crippen LogP contribution < -0.4 is 4.90 Å². The molecule has 1 aliphatic heterocycles. The van der Waals surface area contributed by atoms with Gasteiger partial charge in [-0.05, 0) is 13.0 Å². The molecule has 8 nitrogen and oxygen atoms in total. The smallest absolute Gasteiger partial charge is 0.308 e. The minimum Gasteiger partial charge on any atom is -0.469 e. The van der Waals surface area contributed by atoms with Crippen LogP contribution in [0.5, 0.6) is 0 Å². The Bertz CT molecular complexity index is 549. The lowest BCUT2D eigenvalue weighted by atomic mass is 10.2. The van der Waals surface area contributed by atoms with Gasteiger partial charge >= 0.3 is 5.97 Å². The minimum absolute atomic E-state index is 0.00174. The first kappa shape index (κ1) is 15.2. The van der Waals surface area contributed by atoms with Gasteiger partial charge < -0.3 is 14.4 Å². The first-order valence-corrected chi connectivity index (χ1v) is 6.56. The van der Waals surface area contributed by atoms with Crippen LogP contribution in [-0.4, -0.2) is 48.8 Å². The van der Waals surface area contributed by atoms with Crippen LogP contribution in [0.25, 0.3) is 0 Å². The molecule has 0 bridgehead atoms. The second-order valence-electron chi connectivity index (χ2n) is 4.75. The summed E-state index contributed by atoms with van der Waals surface area (Å²) in [5.74, 6) is 0.325. The summed E-state index contributed by atoms with van der Waals surface area (Å²) in [7, 11) is 1.34. The molecule has 1 aromatic heterocycles. The number of carbonyl (C=O) groups is 1. The van der Waals surface area contributed by atoms with Crippen molar-refractivity contribution in [1.82, 2.24) is 4.98 Å². The normalized spacial score (nSPS) is 18.4. The number of anilines is 1. The fourth-order valence-electron chi connectivity index (χ4n) is 2.23. The lowest BCUT2D eigenvalue weighted by molar-refractivity contribution is -0.385. The van der Waals surface area contributed by atoms with Crippen molar-refractivity contribution in [3.63, 3.8) is 0 Å². The molecule has 0 amide bonds. The Labute approximate surface area is 121 Å². The molecular formula is C13H17N3O5. The van der Waals surface area contributed by atoms with Crippen molar-refractivity contribution in [3.8, 4) is 0 Å². The molecule has 8 heteroatoms. The quantitative estimate of drug-likeness (QED) is 0.465. The molecular weight excluding hydrogens is 278 g/mol. The largest absolute Gasteiger partial charge is 0.469 e. The lowest BCUT2D eigenvalue weighted by Crippen LogP contribution is -2.43. The van der Waals surface area contributed by atoms with Crippen molar-refractivity contribution in [2.45, 2.75) is 19.4 Å². The lowest BCUT2D eigenvalue weighted by Gasteiger charge is -2.33. The number of ether oxygens (including phenoxy) is 2. The summed E-state index contributed by atoms with van der Waals surface area (Å²) in [6.45, 7) is 3.20. The van der Waals surface area contributed by atoms with Gasteiger partial charge in [-0.15, -0.1) is 0 Å². The van der Waals surface area contributed by atoms with E-state index in [0.717, 1.165) is 0 Å². The van der Waals surface area contributed by atoms with Crippen molar-refractivity contribution in [2.75, 3.05) is 31.7 Å². The average molecular weight is 295 g/mol. The predicted molar refractivity (Wildman–Crippen MR) is 74.2 cm³/mol. The van der Waals surface area contributed by atoms with E-state index in [2.05, 4.69) is 9.72 Å². The molecule has 0 spiro atoms. The molecule has 1 unspecified atom stereocenters. The number of nitrogens with zero attached hydrogens (tertiary/aromatic N) is 3. The molecule has 1 aromatic rings. The van der Waals surface area contributed by atoms with E-state index >= 15 is 0 Å². The van der Waals surface area contributed by atoms with Crippen molar-refractivity contribution >= 4 is 17.5 Å². The molecule has 2 heterocycles. The maximum Gasteiger partial charge on any atom is 0.308 e. The third-order valence-electron chi connectivity index (χ3n) is 3.32. The van der Waals surface area contributed by atoms with E-state index in [1.165, 1.54) is 13.2 Å². The summed E-state index contributed by atoms with van der Waals surface area (Å²) < 4.78 is 10.1. The number of aryl methyl sites for hydroxylation is 1. The predicted octanol–water partition coefficient (Wildman–Crippen LogP) is 1.07. The summed E-state index contributed by atoms with van der Waals surface area (Å²) in [6.07, 6.45) is -0.0811. The molecule has 1 aliphatic rings. The van der Waals surface area contributed by atoms with E-state index in [1.807, 2.05) is 4.90 Å². The van der Waals surface area contributed by atoms with Crippen LogP contribution in [0.2, 0.25) is 0 Å². The molecule has 0 radical (unpaired) electrons. The van der Waals surface area contributed by atoms with E-state index in [-0.39, 0.29) is 24.2 Å². The van der Waals surface area contributed by atoms with Crippen LogP contribution in [0.15, 0.2) is 12.1 Å². The highest BCUT2D eigenvalue weighted by molar-refractivity contribution is 5.70. The summed E-state index contributed by atoms with van der Waals surface area (Å²) in [6, 6.07) is 3.06. The molecule has 21 heavy (non-hydrogen) atoms. The van der Waals surface area contributed by atoms with Gasteiger partial charge in [-0.2, -0.15) is 0 Å². The van der Waals surface area contributed by atoms with Gasteiger partial charge in [0.15, 0.2) is 0 Å². The number of rotatable bonds is 4. The summed E-state index contributed by atoms with van der Waals surface area (Å²) in [4.78, 5) is 27.8. The highest BCUT2D eigenvalue weighted by atomic mass is 16.6. The third kappa shape index (κ3) is 3.66. The number of pyridine rings is 1. The number of carbonyl (C=O) groups excluding carboxylic acids is 1. The highest BCUT2D eigenvalue weighted by Crippen LogP contribution is 2.22. The SMILES string of the molecule is COC(=O)CC1CN(c2ccc([N+](=O)[O-])c(C)n2)CCO1. The minimum atomic E-state index is -0.453. The van der Waals surface area contributed by atoms with Gasteiger partial charge in [0.2, 0.25) is 0 Å². The van der Waals surface area contributed by atoms with E-state index in [9.17, 15) is 14.9 Å². The molecule has 0 aliphatic carbocycles. The molecule has 114 valence electrons. The Morgan fingerprint density at radius 1 is 1.62 bits per heavy atom. The molecule has 2 rings (SSSR count). The van der Waals surface area contributed by atoms with E-state index < -0.39 is 4.92 Å². The van der Waals surface area contributed by atoms with Crippen molar-refractivity contribution in [2.24, 2.45) is 0 Å². The van der Waals surface area contributed by atoms with Gasteiger partial charge in [-0.1, -0.05) is 0 Å². The van der Waals surface area contributed by atoms with Crippen molar-refractivity contribution in [3.05, 3.63) is 27.9 Å². The number of nitro groups is 1. The van der Waals surface area contributed by atoms with Crippen LogP contribution in [0.4, 0.5) is 11.5 Å². The Morgan fingerprint density at radius 2 is 2.38 bits per heavy atom. The van der Waals surface area contributed by atoms with Gasteiger partial charge in [0.05, 0.1) is 31.2 Å². The number of morpholine rings is 1. The van der Waals surface area contributed by atoms with E-state index in [0.29, 0.717) is 31.2 Å². The summed E-state index contributed by atoms with van der Waals surface area (Å²) in [5, 5.41) is 10.8. The molecule has 0 aromatic carbocycles. The molecule has 1 atom stereocenters. The van der Waals surface area contributed by atoms with E-state index in [4.69, 9.17) is 4.74 Å². The second-order valence-corrected chi connectivity index (χ2v) is 4.75. The van der Waals surface area contributed by atoms with Gasteiger partial charge in [-0.25, -0.2) is 4.98 Å². The molecule has 0 N–H and O–H groups in total.